The number of hydrogen-bond acceptors (Lipinski definition) is 3. The summed E-state index contributed by atoms with van der Waals surface area (Å²) in [7, 11) is 0. The molecule has 3 rings (SSSR count). The van der Waals surface area contributed by atoms with Gasteiger partial charge in [-0.25, -0.2) is 4.39 Å². The summed E-state index contributed by atoms with van der Waals surface area (Å²) in [6.07, 6.45) is 1.25. The number of fused-ring (bicyclic) bond motifs is 1. The number of pyridine rings is 1. The fraction of sp³-hybridized carbons (Fsp3) is 0.312. The second kappa shape index (κ2) is 5.60. The molecule has 0 bridgehead atoms. The number of carbonyl (C=O) groups is 1. The van der Waals surface area contributed by atoms with Crippen LogP contribution in [0.1, 0.15) is 23.2 Å². The van der Waals surface area contributed by atoms with Crippen molar-refractivity contribution in [2.24, 2.45) is 5.92 Å². The lowest BCUT2D eigenvalue weighted by Crippen LogP contribution is -2.40. The van der Waals surface area contributed by atoms with E-state index in [4.69, 9.17) is 5.26 Å². The molecule has 1 saturated heterocycles. The highest BCUT2D eigenvalue weighted by Gasteiger charge is 2.25. The smallest absolute Gasteiger partial charge is 0.261 e. The molecule has 0 unspecified atom stereocenters. The average Bonchev–Trinajstić information content (AvgIpc) is 2.53. The Labute approximate surface area is 126 Å². The van der Waals surface area contributed by atoms with Crippen molar-refractivity contribution in [2.45, 2.75) is 12.8 Å². The molecule has 0 aliphatic carbocycles. The first kappa shape index (κ1) is 14.3. The molecule has 0 atom stereocenters. The van der Waals surface area contributed by atoms with Gasteiger partial charge in [0.2, 0.25) is 0 Å². The van der Waals surface area contributed by atoms with Crippen LogP contribution in [0.5, 0.6) is 0 Å². The summed E-state index contributed by atoms with van der Waals surface area (Å²) in [4.78, 5) is 28.7. The third-order valence-electron chi connectivity index (χ3n) is 4.00. The van der Waals surface area contributed by atoms with Gasteiger partial charge in [0.15, 0.2) is 0 Å². The van der Waals surface area contributed by atoms with Crippen LogP contribution in [0.3, 0.4) is 0 Å². The molecule has 1 N–H and O–H groups in total. The number of hydrogen-bond donors (Lipinski definition) is 1. The SMILES string of the molecule is N#CC1CCN(C(=O)c2cc3ccc(F)cc3[nH]c2=O)CC1. The number of aromatic amines is 1. The molecule has 112 valence electrons. The molecule has 1 amide bonds. The molecule has 1 fully saturated rings. The average molecular weight is 299 g/mol. The lowest BCUT2D eigenvalue weighted by molar-refractivity contribution is 0.0705. The molecule has 2 aromatic rings. The van der Waals surface area contributed by atoms with Gasteiger partial charge in [-0.2, -0.15) is 5.26 Å². The van der Waals surface area contributed by atoms with Gasteiger partial charge < -0.3 is 9.88 Å². The highest BCUT2D eigenvalue weighted by Crippen LogP contribution is 2.19. The molecule has 2 heterocycles. The van der Waals surface area contributed by atoms with Crippen LogP contribution >= 0.6 is 0 Å². The van der Waals surface area contributed by atoms with E-state index in [2.05, 4.69) is 11.1 Å². The number of likely N-dealkylation sites (tertiary alicyclic amines) is 1. The molecule has 1 aliphatic rings. The lowest BCUT2D eigenvalue weighted by Gasteiger charge is -2.29. The van der Waals surface area contributed by atoms with Gasteiger partial charge in [-0.1, -0.05) is 0 Å². The first-order chi connectivity index (χ1) is 10.6. The summed E-state index contributed by atoms with van der Waals surface area (Å²) < 4.78 is 13.2. The van der Waals surface area contributed by atoms with E-state index >= 15 is 0 Å². The van der Waals surface area contributed by atoms with Crippen LogP contribution in [0.25, 0.3) is 10.9 Å². The molecule has 0 spiro atoms. The highest BCUT2D eigenvalue weighted by atomic mass is 19.1. The summed E-state index contributed by atoms with van der Waals surface area (Å²) >= 11 is 0. The van der Waals surface area contributed by atoms with Crippen LogP contribution in [0, 0.1) is 23.1 Å². The van der Waals surface area contributed by atoms with Crippen molar-refractivity contribution < 1.29 is 9.18 Å². The Hall–Kier alpha value is -2.68. The van der Waals surface area contributed by atoms with Gasteiger partial charge in [0.05, 0.1) is 11.6 Å². The van der Waals surface area contributed by atoms with E-state index in [9.17, 15) is 14.0 Å². The van der Waals surface area contributed by atoms with Crippen molar-refractivity contribution in [1.82, 2.24) is 9.88 Å². The Bertz CT molecular complexity index is 829. The fourth-order valence-corrected chi connectivity index (χ4v) is 2.71. The van der Waals surface area contributed by atoms with Crippen LogP contribution in [0.15, 0.2) is 29.1 Å². The lowest BCUT2D eigenvalue weighted by atomic mass is 9.98. The van der Waals surface area contributed by atoms with E-state index < -0.39 is 11.4 Å². The molecule has 0 saturated carbocycles. The number of nitriles is 1. The van der Waals surface area contributed by atoms with Crippen molar-refractivity contribution >= 4 is 16.8 Å². The first-order valence-corrected chi connectivity index (χ1v) is 7.10. The number of H-pyrrole nitrogens is 1. The van der Waals surface area contributed by atoms with Crippen LogP contribution in [-0.4, -0.2) is 28.9 Å². The van der Waals surface area contributed by atoms with Gasteiger partial charge in [0.25, 0.3) is 11.5 Å². The van der Waals surface area contributed by atoms with Crippen molar-refractivity contribution in [3.05, 3.63) is 46.0 Å². The number of amides is 1. The van der Waals surface area contributed by atoms with Gasteiger partial charge in [-0.15, -0.1) is 0 Å². The zero-order chi connectivity index (χ0) is 15.7. The summed E-state index contributed by atoms with van der Waals surface area (Å²) in [5.74, 6) is -0.813. The number of carbonyl (C=O) groups excluding carboxylic acids is 1. The minimum atomic E-state index is -0.523. The molecule has 1 aromatic carbocycles. The predicted molar refractivity (Wildman–Crippen MR) is 78.8 cm³/mol. The predicted octanol–water partition coefficient (Wildman–Crippen LogP) is 2.04. The second-order valence-electron chi connectivity index (χ2n) is 5.44. The molecule has 5 nitrogen and oxygen atoms in total. The summed E-state index contributed by atoms with van der Waals surface area (Å²) in [6, 6.07) is 7.73. The maximum atomic E-state index is 13.2. The van der Waals surface area contributed by atoms with E-state index in [0.717, 1.165) is 0 Å². The Morgan fingerprint density at radius 2 is 2.05 bits per heavy atom. The van der Waals surface area contributed by atoms with E-state index in [1.165, 1.54) is 24.3 Å². The summed E-state index contributed by atoms with van der Waals surface area (Å²) in [5, 5.41) is 9.49. The largest absolute Gasteiger partial charge is 0.338 e. The van der Waals surface area contributed by atoms with Gasteiger partial charge in [0, 0.05) is 19.0 Å². The molecule has 22 heavy (non-hydrogen) atoms. The third-order valence-corrected chi connectivity index (χ3v) is 4.00. The number of nitrogens with one attached hydrogen (secondary N) is 1. The molecule has 1 aliphatic heterocycles. The van der Waals surface area contributed by atoms with E-state index in [1.807, 2.05) is 0 Å². The normalized spacial score (nSPS) is 15.7. The molecule has 0 radical (unpaired) electrons. The van der Waals surface area contributed by atoms with Crippen LogP contribution in [0.2, 0.25) is 0 Å². The van der Waals surface area contributed by atoms with Gasteiger partial charge >= 0.3 is 0 Å². The minimum Gasteiger partial charge on any atom is -0.338 e. The zero-order valence-corrected chi connectivity index (χ0v) is 11.8. The van der Waals surface area contributed by atoms with Gasteiger partial charge in [-0.3, -0.25) is 9.59 Å². The maximum Gasteiger partial charge on any atom is 0.261 e. The number of rotatable bonds is 1. The minimum absolute atomic E-state index is 0.0260. The van der Waals surface area contributed by atoms with E-state index in [0.29, 0.717) is 36.8 Å². The molecular weight excluding hydrogens is 285 g/mol. The van der Waals surface area contributed by atoms with Crippen LogP contribution < -0.4 is 5.56 Å². The zero-order valence-electron chi connectivity index (χ0n) is 11.8. The Morgan fingerprint density at radius 3 is 2.73 bits per heavy atom. The second-order valence-corrected chi connectivity index (χ2v) is 5.44. The first-order valence-electron chi connectivity index (χ1n) is 7.10. The molecule has 1 aromatic heterocycles. The maximum absolute atomic E-state index is 13.2. The van der Waals surface area contributed by atoms with Crippen molar-refractivity contribution in [1.29, 1.82) is 5.26 Å². The van der Waals surface area contributed by atoms with Gasteiger partial charge in [0.1, 0.15) is 11.4 Å². The Kier molecular flexibility index (Phi) is 3.63. The summed E-state index contributed by atoms with van der Waals surface area (Å²) in [6.45, 7) is 0.940. The Balaban J connectivity index is 1.91. The summed E-state index contributed by atoms with van der Waals surface area (Å²) in [5.41, 5.74) is -0.107. The number of benzene rings is 1. The number of piperidine rings is 1. The molecular formula is C16H14FN3O2. The van der Waals surface area contributed by atoms with E-state index in [1.54, 1.807) is 4.90 Å². The standard InChI is InChI=1S/C16H14FN3O2/c17-12-2-1-11-7-13(15(21)19-14(11)8-12)16(22)20-5-3-10(9-18)4-6-20/h1-2,7-8,10H,3-6H2,(H,19,21). The molecule has 6 heteroatoms. The van der Waals surface area contributed by atoms with E-state index in [-0.39, 0.29) is 17.4 Å². The monoisotopic (exact) mass is 299 g/mol. The van der Waals surface area contributed by atoms with Crippen molar-refractivity contribution in [3.8, 4) is 6.07 Å². The quantitative estimate of drug-likeness (QED) is 0.875. The third kappa shape index (κ3) is 2.58. The van der Waals surface area contributed by atoms with Crippen LogP contribution in [0.4, 0.5) is 4.39 Å². The van der Waals surface area contributed by atoms with Crippen molar-refractivity contribution in [2.75, 3.05) is 13.1 Å². The Morgan fingerprint density at radius 1 is 1.32 bits per heavy atom. The van der Waals surface area contributed by atoms with Crippen molar-refractivity contribution in [3.63, 3.8) is 0 Å². The topological polar surface area (TPSA) is 77.0 Å². The fourth-order valence-electron chi connectivity index (χ4n) is 2.71. The highest BCUT2D eigenvalue weighted by molar-refractivity contribution is 5.97. The number of nitrogens with zero attached hydrogens (tertiary/aromatic N) is 2. The van der Waals surface area contributed by atoms with Gasteiger partial charge in [-0.05, 0) is 42.5 Å². The number of aromatic nitrogens is 1. The van der Waals surface area contributed by atoms with Crippen LogP contribution in [-0.2, 0) is 0 Å². The number of halogens is 1.